The van der Waals surface area contributed by atoms with Crippen molar-refractivity contribution in [2.75, 3.05) is 24.7 Å². The van der Waals surface area contributed by atoms with Crippen LogP contribution in [0.1, 0.15) is 25.5 Å². The van der Waals surface area contributed by atoms with E-state index in [1.165, 1.54) is 12.1 Å². The smallest absolute Gasteiger partial charge is 0.123 e. The van der Waals surface area contributed by atoms with Crippen LogP contribution in [0.25, 0.3) is 0 Å². The summed E-state index contributed by atoms with van der Waals surface area (Å²) in [6, 6.07) is 4.82. The van der Waals surface area contributed by atoms with E-state index in [0.717, 1.165) is 12.2 Å². The molecule has 0 spiro atoms. The Labute approximate surface area is 101 Å². The molecule has 1 aromatic carbocycles. The SMILES string of the molecule is CC(O)c1cc(F)ccc1N1CCOCC1C. The second-order valence-corrected chi connectivity index (χ2v) is 4.50. The molecule has 17 heavy (non-hydrogen) atoms. The molecule has 1 N–H and O–H groups in total. The number of hydrogen-bond donors (Lipinski definition) is 1. The Bertz CT molecular complexity index is 395. The zero-order valence-electron chi connectivity index (χ0n) is 10.2. The van der Waals surface area contributed by atoms with Gasteiger partial charge in [0.15, 0.2) is 0 Å². The van der Waals surface area contributed by atoms with Crippen molar-refractivity contribution in [2.24, 2.45) is 0 Å². The van der Waals surface area contributed by atoms with E-state index in [4.69, 9.17) is 4.74 Å². The second-order valence-electron chi connectivity index (χ2n) is 4.50. The number of anilines is 1. The van der Waals surface area contributed by atoms with Crippen molar-refractivity contribution in [3.63, 3.8) is 0 Å². The minimum absolute atomic E-state index is 0.242. The van der Waals surface area contributed by atoms with Crippen LogP contribution in [-0.4, -0.2) is 30.9 Å². The third-order valence-corrected chi connectivity index (χ3v) is 3.12. The van der Waals surface area contributed by atoms with Gasteiger partial charge in [-0.05, 0) is 32.0 Å². The standard InChI is InChI=1S/C13H18FNO2/c1-9-8-17-6-5-15(9)13-4-3-11(14)7-12(13)10(2)16/h3-4,7,9-10,16H,5-6,8H2,1-2H3. The molecule has 3 nitrogen and oxygen atoms in total. The highest BCUT2D eigenvalue weighted by molar-refractivity contribution is 5.55. The van der Waals surface area contributed by atoms with Crippen molar-refractivity contribution < 1.29 is 14.2 Å². The number of aliphatic hydroxyl groups is 1. The molecule has 0 bridgehead atoms. The first-order valence-electron chi connectivity index (χ1n) is 5.91. The minimum atomic E-state index is -0.671. The van der Waals surface area contributed by atoms with Crippen molar-refractivity contribution >= 4 is 5.69 Å². The Morgan fingerprint density at radius 3 is 2.94 bits per heavy atom. The fourth-order valence-electron chi connectivity index (χ4n) is 2.21. The van der Waals surface area contributed by atoms with Gasteiger partial charge < -0.3 is 14.7 Å². The van der Waals surface area contributed by atoms with Gasteiger partial charge in [0.1, 0.15) is 5.82 Å². The summed E-state index contributed by atoms with van der Waals surface area (Å²) >= 11 is 0. The summed E-state index contributed by atoms with van der Waals surface area (Å²) < 4.78 is 18.6. The highest BCUT2D eigenvalue weighted by Crippen LogP contribution is 2.29. The highest BCUT2D eigenvalue weighted by Gasteiger charge is 2.22. The van der Waals surface area contributed by atoms with Crippen LogP contribution in [0.15, 0.2) is 18.2 Å². The van der Waals surface area contributed by atoms with Crippen LogP contribution < -0.4 is 4.90 Å². The maximum absolute atomic E-state index is 13.2. The van der Waals surface area contributed by atoms with Gasteiger partial charge in [0, 0.05) is 23.8 Å². The molecule has 0 aliphatic carbocycles. The summed E-state index contributed by atoms with van der Waals surface area (Å²) in [5.74, 6) is -0.314. The zero-order valence-corrected chi connectivity index (χ0v) is 10.2. The van der Waals surface area contributed by atoms with Crippen LogP contribution in [0.4, 0.5) is 10.1 Å². The monoisotopic (exact) mass is 239 g/mol. The topological polar surface area (TPSA) is 32.7 Å². The van der Waals surface area contributed by atoms with E-state index in [9.17, 15) is 9.50 Å². The van der Waals surface area contributed by atoms with Crippen LogP contribution >= 0.6 is 0 Å². The van der Waals surface area contributed by atoms with Gasteiger partial charge in [-0.15, -0.1) is 0 Å². The van der Waals surface area contributed by atoms with Crippen LogP contribution in [0, 0.1) is 5.82 Å². The zero-order chi connectivity index (χ0) is 12.4. The number of aliphatic hydroxyl groups excluding tert-OH is 1. The highest BCUT2D eigenvalue weighted by atomic mass is 19.1. The predicted octanol–water partition coefficient (Wildman–Crippen LogP) is 2.10. The average molecular weight is 239 g/mol. The normalized spacial score (nSPS) is 22.6. The molecule has 0 aromatic heterocycles. The van der Waals surface area contributed by atoms with E-state index in [0.29, 0.717) is 18.8 Å². The van der Waals surface area contributed by atoms with E-state index in [1.54, 1.807) is 13.0 Å². The summed E-state index contributed by atoms with van der Waals surface area (Å²) in [7, 11) is 0. The van der Waals surface area contributed by atoms with Gasteiger partial charge in [0.25, 0.3) is 0 Å². The first-order chi connectivity index (χ1) is 8.09. The first-order valence-corrected chi connectivity index (χ1v) is 5.91. The summed E-state index contributed by atoms with van der Waals surface area (Å²) in [5.41, 5.74) is 1.54. The van der Waals surface area contributed by atoms with Crippen molar-refractivity contribution in [3.05, 3.63) is 29.6 Å². The first kappa shape index (κ1) is 12.3. The molecule has 2 rings (SSSR count). The molecule has 1 aromatic rings. The predicted molar refractivity (Wildman–Crippen MR) is 64.7 cm³/mol. The number of nitrogens with zero attached hydrogens (tertiary/aromatic N) is 1. The maximum atomic E-state index is 13.2. The van der Waals surface area contributed by atoms with Gasteiger partial charge in [0.05, 0.1) is 19.3 Å². The lowest BCUT2D eigenvalue weighted by Crippen LogP contribution is -2.44. The molecule has 2 unspecified atom stereocenters. The third-order valence-electron chi connectivity index (χ3n) is 3.12. The molecule has 94 valence electrons. The number of hydrogen-bond acceptors (Lipinski definition) is 3. The Hall–Kier alpha value is -1.13. The fourth-order valence-corrected chi connectivity index (χ4v) is 2.21. The molecule has 0 amide bonds. The average Bonchev–Trinajstić information content (AvgIpc) is 2.30. The van der Waals surface area contributed by atoms with Gasteiger partial charge in [-0.1, -0.05) is 0 Å². The number of rotatable bonds is 2. The quantitative estimate of drug-likeness (QED) is 0.858. The molecule has 1 aliphatic heterocycles. The maximum Gasteiger partial charge on any atom is 0.123 e. The number of morpholine rings is 1. The number of ether oxygens (including phenoxy) is 1. The van der Waals surface area contributed by atoms with E-state index < -0.39 is 6.10 Å². The third kappa shape index (κ3) is 2.58. The largest absolute Gasteiger partial charge is 0.389 e. The molecule has 0 radical (unpaired) electrons. The van der Waals surface area contributed by atoms with Crippen LogP contribution in [-0.2, 0) is 4.74 Å². The lowest BCUT2D eigenvalue weighted by Gasteiger charge is -2.36. The summed E-state index contributed by atoms with van der Waals surface area (Å²) in [6.45, 7) is 5.82. The van der Waals surface area contributed by atoms with Gasteiger partial charge in [-0.3, -0.25) is 0 Å². The van der Waals surface area contributed by atoms with Crippen molar-refractivity contribution in [2.45, 2.75) is 26.0 Å². The van der Waals surface area contributed by atoms with E-state index >= 15 is 0 Å². The van der Waals surface area contributed by atoms with Gasteiger partial charge in [0.2, 0.25) is 0 Å². The molecule has 2 atom stereocenters. The second kappa shape index (κ2) is 5.02. The fraction of sp³-hybridized carbons (Fsp3) is 0.538. The Kier molecular flexibility index (Phi) is 3.64. The molecular formula is C13H18FNO2. The molecule has 0 saturated carbocycles. The lowest BCUT2D eigenvalue weighted by molar-refractivity contribution is 0.0984. The van der Waals surface area contributed by atoms with Crippen LogP contribution in [0.2, 0.25) is 0 Å². The number of halogens is 1. The Balaban J connectivity index is 2.36. The molecule has 1 saturated heterocycles. The van der Waals surface area contributed by atoms with Crippen LogP contribution in [0.5, 0.6) is 0 Å². The van der Waals surface area contributed by atoms with Crippen molar-refractivity contribution in [1.29, 1.82) is 0 Å². The number of benzene rings is 1. The van der Waals surface area contributed by atoms with E-state index in [1.807, 2.05) is 0 Å². The molecule has 1 fully saturated rings. The van der Waals surface area contributed by atoms with Crippen molar-refractivity contribution in [3.8, 4) is 0 Å². The van der Waals surface area contributed by atoms with E-state index in [-0.39, 0.29) is 11.9 Å². The molecular weight excluding hydrogens is 221 g/mol. The van der Waals surface area contributed by atoms with Gasteiger partial charge in [-0.2, -0.15) is 0 Å². The van der Waals surface area contributed by atoms with Crippen molar-refractivity contribution in [1.82, 2.24) is 0 Å². The summed E-state index contributed by atoms with van der Waals surface area (Å²) in [4.78, 5) is 2.16. The van der Waals surface area contributed by atoms with Gasteiger partial charge >= 0.3 is 0 Å². The summed E-state index contributed by atoms with van der Waals surface area (Å²) in [6.07, 6.45) is -0.671. The van der Waals surface area contributed by atoms with Gasteiger partial charge in [-0.25, -0.2) is 4.39 Å². The Morgan fingerprint density at radius 2 is 2.29 bits per heavy atom. The summed E-state index contributed by atoms with van der Waals surface area (Å²) in [5, 5.41) is 9.72. The Morgan fingerprint density at radius 1 is 1.53 bits per heavy atom. The molecule has 1 aliphatic rings. The molecule has 1 heterocycles. The minimum Gasteiger partial charge on any atom is -0.389 e. The van der Waals surface area contributed by atoms with Crippen LogP contribution in [0.3, 0.4) is 0 Å². The lowest BCUT2D eigenvalue weighted by atomic mass is 10.1. The van der Waals surface area contributed by atoms with E-state index in [2.05, 4.69) is 11.8 Å². The molecule has 4 heteroatoms.